The number of nitrogens with two attached hydrogens (primary N) is 1. The van der Waals surface area contributed by atoms with Crippen molar-refractivity contribution in [2.24, 2.45) is 5.73 Å². The summed E-state index contributed by atoms with van der Waals surface area (Å²) in [6, 6.07) is 11.9. The largest absolute Gasteiger partial charge is 0.320 e. The van der Waals surface area contributed by atoms with E-state index >= 15 is 0 Å². The van der Waals surface area contributed by atoms with Crippen LogP contribution in [0.2, 0.25) is 0 Å². The van der Waals surface area contributed by atoms with E-state index in [4.69, 9.17) is 5.73 Å². The first-order chi connectivity index (χ1) is 8.88. The van der Waals surface area contributed by atoms with Crippen molar-refractivity contribution in [1.82, 2.24) is 0 Å². The Kier molecular flexibility index (Phi) is 3.68. The molecule has 0 fully saturated rings. The highest BCUT2D eigenvalue weighted by Gasteiger charge is 2.11. The van der Waals surface area contributed by atoms with Crippen molar-refractivity contribution in [1.29, 1.82) is 0 Å². The van der Waals surface area contributed by atoms with E-state index in [1.54, 1.807) is 24.3 Å². The highest BCUT2D eigenvalue weighted by atomic mass is 32.2. The van der Waals surface area contributed by atoms with Crippen LogP contribution in [0.25, 0.3) is 0 Å². The number of halogens is 1. The summed E-state index contributed by atoms with van der Waals surface area (Å²) < 4.78 is 35.5. The Labute approximate surface area is 111 Å². The Morgan fingerprint density at radius 2 is 1.37 bits per heavy atom. The van der Waals surface area contributed by atoms with Crippen molar-refractivity contribution in [3.05, 3.63) is 65.5 Å². The Balaban J connectivity index is 2.30. The first kappa shape index (κ1) is 13.7. The number of hydrogen-bond acceptors (Lipinski definition) is 3. The average Bonchev–Trinajstić information content (AvgIpc) is 2.38. The predicted molar refractivity (Wildman–Crippen MR) is 72.0 cm³/mol. The van der Waals surface area contributed by atoms with Gasteiger partial charge in [-0.25, -0.2) is 12.8 Å². The summed E-state index contributed by atoms with van der Waals surface area (Å²) in [5, 5.41) is 0. The lowest BCUT2D eigenvalue weighted by Gasteiger charge is -2.13. The van der Waals surface area contributed by atoms with E-state index in [0.717, 1.165) is 17.4 Å². The van der Waals surface area contributed by atoms with Crippen LogP contribution in [0, 0.1) is 5.82 Å². The summed E-state index contributed by atoms with van der Waals surface area (Å²) in [4.78, 5) is 0.252. The van der Waals surface area contributed by atoms with E-state index in [-0.39, 0.29) is 10.7 Å². The van der Waals surface area contributed by atoms with Gasteiger partial charge in [-0.15, -0.1) is 0 Å². The van der Waals surface area contributed by atoms with E-state index in [1.807, 2.05) is 0 Å². The fraction of sp³-hybridized carbons (Fsp3) is 0.143. The van der Waals surface area contributed by atoms with E-state index in [0.29, 0.717) is 0 Å². The van der Waals surface area contributed by atoms with Crippen LogP contribution in [0.3, 0.4) is 0 Å². The first-order valence-electron chi connectivity index (χ1n) is 5.69. The smallest absolute Gasteiger partial charge is 0.175 e. The van der Waals surface area contributed by atoms with Gasteiger partial charge in [-0.2, -0.15) is 0 Å². The standard InChI is InChI=1S/C14H14FNO2S/c1-19(17,18)13-8-4-11(5-9-13)14(16)10-2-6-12(15)7-3-10/h2-9,14H,16H2,1H3. The van der Waals surface area contributed by atoms with Crippen LogP contribution in [-0.2, 0) is 9.84 Å². The van der Waals surface area contributed by atoms with Gasteiger partial charge in [0.1, 0.15) is 5.82 Å². The lowest BCUT2D eigenvalue weighted by molar-refractivity contribution is 0.601. The molecule has 0 radical (unpaired) electrons. The highest BCUT2D eigenvalue weighted by molar-refractivity contribution is 7.90. The van der Waals surface area contributed by atoms with Gasteiger partial charge in [0.15, 0.2) is 9.84 Å². The van der Waals surface area contributed by atoms with Crippen LogP contribution in [-0.4, -0.2) is 14.7 Å². The highest BCUT2D eigenvalue weighted by Crippen LogP contribution is 2.21. The fourth-order valence-electron chi connectivity index (χ4n) is 1.78. The average molecular weight is 279 g/mol. The van der Waals surface area contributed by atoms with Crippen molar-refractivity contribution in [2.45, 2.75) is 10.9 Å². The monoisotopic (exact) mass is 279 g/mol. The maximum atomic E-state index is 12.8. The van der Waals surface area contributed by atoms with Crippen LogP contribution in [0.1, 0.15) is 17.2 Å². The van der Waals surface area contributed by atoms with Gasteiger partial charge in [0.05, 0.1) is 10.9 Å². The molecule has 2 aromatic carbocycles. The summed E-state index contributed by atoms with van der Waals surface area (Å²) in [5.41, 5.74) is 7.60. The zero-order chi connectivity index (χ0) is 14.0. The van der Waals surface area contributed by atoms with E-state index < -0.39 is 15.9 Å². The third kappa shape index (κ3) is 3.19. The maximum Gasteiger partial charge on any atom is 0.175 e. The lowest BCUT2D eigenvalue weighted by atomic mass is 10.00. The molecule has 2 rings (SSSR count). The van der Waals surface area contributed by atoms with Gasteiger partial charge in [0, 0.05) is 6.26 Å². The molecule has 2 N–H and O–H groups in total. The Hall–Kier alpha value is -1.72. The summed E-state index contributed by atoms with van der Waals surface area (Å²) in [5.74, 6) is -0.316. The molecule has 100 valence electrons. The van der Waals surface area contributed by atoms with E-state index in [9.17, 15) is 12.8 Å². The molecule has 2 aromatic rings. The molecular weight excluding hydrogens is 265 g/mol. The molecule has 0 aliphatic rings. The van der Waals surface area contributed by atoms with Crippen LogP contribution in [0.5, 0.6) is 0 Å². The number of hydrogen-bond donors (Lipinski definition) is 1. The molecule has 0 aliphatic carbocycles. The van der Waals surface area contributed by atoms with Gasteiger partial charge >= 0.3 is 0 Å². The molecule has 1 atom stereocenters. The minimum Gasteiger partial charge on any atom is -0.320 e. The predicted octanol–water partition coefficient (Wildman–Crippen LogP) is 2.28. The summed E-state index contributed by atoms with van der Waals surface area (Å²) in [6.07, 6.45) is 1.15. The Morgan fingerprint density at radius 1 is 0.947 bits per heavy atom. The first-order valence-corrected chi connectivity index (χ1v) is 7.58. The topological polar surface area (TPSA) is 60.2 Å². The Morgan fingerprint density at radius 3 is 1.79 bits per heavy atom. The van der Waals surface area contributed by atoms with E-state index in [1.165, 1.54) is 24.3 Å². The molecule has 0 spiro atoms. The normalized spacial score (nSPS) is 13.2. The molecule has 0 saturated carbocycles. The molecule has 0 bridgehead atoms. The maximum absolute atomic E-state index is 12.8. The van der Waals surface area contributed by atoms with Gasteiger partial charge in [-0.1, -0.05) is 24.3 Å². The van der Waals surface area contributed by atoms with Crippen molar-refractivity contribution in [3.8, 4) is 0 Å². The minimum atomic E-state index is -3.21. The molecule has 1 unspecified atom stereocenters. The SMILES string of the molecule is CS(=O)(=O)c1ccc(C(N)c2ccc(F)cc2)cc1. The van der Waals surface area contributed by atoms with Gasteiger partial charge in [0.2, 0.25) is 0 Å². The zero-order valence-electron chi connectivity index (χ0n) is 10.4. The molecule has 0 aliphatic heterocycles. The van der Waals surface area contributed by atoms with Gasteiger partial charge < -0.3 is 5.73 Å². The second kappa shape index (κ2) is 5.11. The Bertz CT molecular complexity index is 664. The molecule has 0 amide bonds. The molecule has 0 aromatic heterocycles. The summed E-state index contributed by atoms with van der Waals surface area (Å²) >= 11 is 0. The fourth-order valence-corrected chi connectivity index (χ4v) is 2.42. The third-order valence-electron chi connectivity index (χ3n) is 2.90. The number of sulfone groups is 1. The van der Waals surface area contributed by atoms with Crippen molar-refractivity contribution >= 4 is 9.84 Å². The molecule has 5 heteroatoms. The molecule has 0 saturated heterocycles. The number of benzene rings is 2. The van der Waals surface area contributed by atoms with Crippen LogP contribution in [0.15, 0.2) is 53.4 Å². The zero-order valence-corrected chi connectivity index (χ0v) is 11.2. The molecule has 3 nitrogen and oxygen atoms in total. The second-order valence-electron chi connectivity index (χ2n) is 4.37. The minimum absolute atomic E-state index is 0.252. The van der Waals surface area contributed by atoms with Crippen molar-refractivity contribution in [3.63, 3.8) is 0 Å². The van der Waals surface area contributed by atoms with Crippen LogP contribution >= 0.6 is 0 Å². The molecule has 0 heterocycles. The second-order valence-corrected chi connectivity index (χ2v) is 6.39. The van der Waals surface area contributed by atoms with Crippen molar-refractivity contribution < 1.29 is 12.8 Å². The van der Waals surface area contributed by atoms with Crippen LogP contribution < -0.4 is 5.73 Å². The quantitative estimate of drug-likeness (QED) is 0.937. The van der Waals surface area contributed by atoms with Crippen molar-refractivity contribution in [2.75, 3.05) is 6.26 Å². The van der Waals surface area contributed by atoms with Gasteiger partial charge in [-0.05, 0) is 35.4 Å². The number of rotatable bonds is 3. The lowest BCUT2D eigenvalue weighted by Crippen LogP contribution is -2.12. The van der Waals surface area contributed by atoms with Gasteiger partial charge in [-0.3, -0.25) is 0 Å². The molecule has 19 heavy (non-hydrogen) atoms. The third-order valence-corrected chi connectivity index (χ3v) is 4.02. The summed E-state index contributed by atoms with van der Waals surface area (Å²) in [6.45, 7) is 0. The molecular formula is C14H14FNO2S. The van der Waals surface area contributed by atoms with E-state index in [2.05, 4.69) is 0 Å². The van der Waals surface area contributed by atoms with Gasteiger partial charge in [0.25, 0.3) is 0 Å². The summed E-state index contributed by atoms with van der Waals surface area (Å²) in [7, 11) is -3.21. The van der Waals surface area contributed by atoms with Crippen LogP contribution in [0.4, 0.5) is 4.39 Å².